The Balaban J connectivity index is 1.52. The molecule has 22 heavy (non-hydrogen) atoms. The summed E-state index contributed by atoms with van der Waals surface area (Å²) in [6.45, 7) is 1.20. The van der Waals surface area contributed by atoms with Crippen molar-refractivity contribution in [2.75, 3.05) is 11.9 Å². The third-order valence-electron chi connectivity index (χ3n) is 3.46. The molecule has 0 saturated carbocycles. The van der Waals surface area contributed by atoms with Crippen molar-refractivity contribution in [3.8, 4) is 0 Å². The van der Waals surface area contributed by atoms with Crippen molar-refractivity contribution in [1.82, 2.24) is 14.8 Å². The van der Waals surface area contributed by atoms with Crippen LogP contribution in [0.5, 0.6) is 0 Å². The van der Waals surface area contributed by atoms with Gasteiger partial charge in [0.2, 0.25) is 11.0 Å². The Kier molecular flexibility index (Phi) is 4.59. The van der Waals surface area contributed by atoms with Crippen LogP contribution in [0.1, 0.15) is 40.9 Å². The topological polar surface area (TPSA) is 86.1 Å². The Bertz CT molecular complexity index is 661. The quantitative estimate of drug-likeness (QED) is 0.823. The second kappa shape index (κ2) is 6.80. The van der Waals surface area contributed by atoms with Gasteiger partial charge in [0, 0.05) is 25.8 Å². The van der Waals surface area contributed by atoms with E-state index in [9.17, 15) is 9.59 Å². The summed E-state index contributed by atoms with van der Waals surface area (Å²) >= 11 is 1.35. The number of hydrogen-bond donors (Lipinski definition) is 1. The number of carbonyl (C=O) groups is 2. The molecule has 3 rings (SSSR count). The van der Waals surface area contributed by atoms with Crippen LogP contribution in [0.3, 0.4) is 0 Å². The molecule has 0 radical (unpaired) electrons. The lowest BCUT2D eigenvalue weighted by Crippen LogP contribution is -2.14. The first kappa shape index (κ1) is 14.9. The van der Waals surface area contributed by atoms with Gasteiger partial charge >= 0.3 is 0 Å². The maximum absolute atomic E-state index is 11.9. The number of aldehydes is 1. The van der Waals surface area contributed by atoms with Crippen molar-refractivity contribution < 1.29 is 14.3 Å². The second-order valence-electron chi connectivity index (χ2n) is 4.99. The SMILES string of the molecule is O=Cc1cccn1CCC(=O)Nc1nnc(C2CCCO2)s1. The number of aryl methyl sites for hydroxylation is 1. The highest BCUT2D eigenvalue weighted by atomic mass is 32.1. The first-order valence-electron chi connectivity index (χ1n) is 7.11. The molecule has 1 fully saturated rings. The summed E-state index contributed by atoms with van der Waals surface area (Å²) < 4.78 is 7.28. The first-order valence-corrected chi connectivity index (χ1v) is 7.93. The molecule has 3 heterocycles. The van der Waals surface area contributed by atoms with Crippen molar-refractivity contribution in [2.45, 2.75) is 31.9 Å². The number of anilines is 1. The van der Waals surface area contributed by atoms with E-state index in [1.807, 2.05) is 0 Å². The average Bonchev–Trinajstić information content (AvgIpc) is 3.25. The van der Waals surface area contributed by atoms with E-state index in [1.54, 1.807) is 22.9 Å². The first-order chi connectivity index (χ1) is 10.8. The van der Waals surface area contributed by atoms with Gasteiger partial charge in [-0.25, -0.2) is 0 Å². The summed E-state index contributed by atoms with van der Waals surface area (Å²) in [5.41, 5.74) is 0.560. The van der Waals surface area contributed by atoms with Crippen LogP contribution >= 0.6 is 11.3 Å². The van der Waals surface area contributed by atoms with Gasteiger partial charge in [-0.1, -0.05) is 11.3 Å². The maximum atomic E-state index is 11.9. The summed E-state index contributed by atoms with van der Waals surface area (Å²) in [6, 6.07) is 3.49. The van der Waals surface area contributed by atoms with Gasteiger partial charge < -0.3 is 14.6 Å². The van der Waals surface area contributed by atoms with Crippen LogP contribution in [0.4, 0.5) is 5.13 Å². The number of rotatable bonds is 6. The molecule has 1 saturated heterocycles. The maximum Gasteiger partial charge on any atom is 0.227 e. The summed E-state index contributed by atoms with van der Waals surface area (Å²) in [5.74, 6) is -0.152. The molecule has 1 unspecified atom stereocenters. The highest BCUT2D eigenvalue weighted by Crippen LogP contribution is 2.31. The van der Waals surface area contributed by atoms with Gasteiger partial charge in [0.05, 0.1) is 5.69 Å². The molecule has 1 amide bonds. The molecule has 1 N–H and O–H groups in total. The van der Waals surface area contributed by atoms with Crippen LogP contribution in [0.25, 0.3) is 0 Å². The van der Waals surface area contributed by atoms with Gasteiger partial charge in [-0.05, 0) is 25.0 Å². The molecule has 2 aromatic heterocycles. The lowest BCUT2D eigenvalue weighted by atomic mass is 10.2. The largest absolute Gasteiger partial charge is 0.371 e. The van der Waals surface area contributed by atoms with E-state index in [0.29, 0.717) is 17.4 Å². The van der Waals surface area contributed by atoms with E-state index in [-0.39, 0.29) is 18.4 Å². The second-order valence-corrected chi connectivity index (χ2v) is 6.00. The third-order valence-corrected chi connectivity index (χ3v) is 4.39. The molecule has 2 aromatic rings. The number of ether oxygens (including phenoxy) is 1. The van der Waals surface area contributed by atoms with Crippen molar-refractivity contribution in [3.63, 3.8) is 0 Å². The summed E-state index contributed by atoms with van der Waals surface area (Å²) in [4.78, 5) is 22.7. The number of nitrogens with zero attached hydrogens (tertiary/aromatic N) is 3. The minimum Gasteiger partial charge on any atom is -0.371 e. The molecule has 1 atom stereocenters. The van der Waals surface area contributed by atoms with Crippen molar-refractivity contribution in [3.05, 3.63) is 29.0 Å². The van der Waals surface area contributed by atoms with E-state index < -0.39 is 0 Å². The fourth-order valence-electron chi connectivity index (χ4n) is 2.33. The molecule has 7 nitrogen and oxygen atoms in total. The van der Waals surface area contributed by atoms with Gasteiger partial charge in [0.15, 0.2) is 6.29 Å². The molecule has 116 valence electrons. The van der Waals surface area contributed by atoms with E-state index in [2.05, 4.69) is 15.5 Å². The number of aromatic nitrogens is 3. The van der Waals surface area contributed by atoms with Crippen molar-refractivity contribution in [2.24, 2.45) is 0 Å². The minimum absolute atomic E-state index is 0.0122. The Morgan fingerprint density at radius 3 is 3.23 bits per heavy atom. The zero-order valence-corrected chi connectivity index (χ0v) is 12.7. The van der Waals surface area contributed by atoms with Gasteiger partial charge in [-0.2, -0.15) is 0 Å². The Morgan fingerprint density at radius 1 is 1.55 bits per heavy atom. The lowest BCUT2D eigenvalue weighted by molar-refractivity contribution is -0.116. The van der Waals surface area contributed by atoms with Crippen LogP contribution in [-0.2, 0) is 16.1 Å². The molecular weight excluding hydrogens is 304 g/mol. The Morgan fingerprint density at radius 2 is 2.45 bits per heavy atom. The van der Waals surface area contributed by atoms with Crippen molar-refractivity contribution >= 4 is 28.7 Å². The summed E-state index contributed by atoms with van der Waals surface area (Å²) in [5, 5.41) is 12.1. The zero-order valence-electron chi connectivity index (χ0n) is 11.9. The molecule has 8 heteroatoms. The molecule has 0 aliphatic carbocycles. The Labute approximate surface area is 131 Å². The smallest absolute Gasteiger partial charge is 0.227 e. The molecule has 0 bridgehead atoms. The number of nitrogens with one attached hydrogen (secondary N) is 1. The fourth-order valence-corrected chi connectivity index (χ4v) is 3.17. The van der Waals surface area contributed by atoms with Crippen LogP contribution in [0.2, 0.25) is 0 Å². The number of carbonyl (C=O) groups excluding carboxylic acids is 2. The van der Waals surface area contributed by atoms with Gasteiger partial charge in [0.1, 0.15) is 11.1 Å². The Hall–Kier alpha value is -2.06. The van der Waals surface area contributed by atoms with Gasteiger partial charge in [-0.15, -0.1) is 10.2 Å². The van der Waals surface area contributed by atoms with Gasteiger partial charge in [0.25, 0.3) is 0 Å². The van der Waals surface area contributed by atoms with Crippen LogP contribution in [0.15, 0.2) is 18.3 Å². The van der Waals surface area contributed by atoms with Gasteiger partial charge in [-0.3, -0.25) is 9.59 Å². The predicted octanol–water partition coefficient (Wildman–Crippen LogP) is 2.03. The minimum atomic E-state index is -0.152. The van der Waals surface area contributed by atoms with E-state index in [4.69, 9.17) is 4.74 Å². The van der Waals surface area contributed by atoms with Crippen LogP contribution < -0.4 is 5.32 Å². The fraction of sp³-hybridized carbons (Fsp3) is 0.429. The third kappa shape index (κ3) is 3.40. The normalized spacial score (nSPS) is 17.5. The molecule has 0 spiro atoms. The zero-order chi connectivity index (χ0) is 15.4. The monoisotopic (exact) mass is 320 g/mol. The number of amides is 1. The van der Waals surface area contributed by atoms with E-state index >= 15 is 0 Å². The summed E-state index contributed by atoms with van der Waals surface area (Å²) in [6.07, 6.45) is 4.81. The highest BCUT2D eigenvalue weighted by Gasteiger charge is 2.22. The lowest BCUT2D eigenvalue weighted by Gasteiger charge is -2.05. The standard InChI is InChI=1S/C14H16N4O3S/c19-9-10-3-1-6-18(10)7-5-12(20)15-14-17-16-13(22-14)11-4-2-8-21-11/h1,3,6,9,11H,2,4-5,7-8H2,(H,15,17,20). The molecule has 1 aliphatic rings. The van der Waals surface area contributed by atoms with E-state index in [1.165, 1.54) is 11.3 Å². The average molecular weight is 320 g/mol. The van der Waals surface area contributed by atoms with Crippen molar-refractivity contribution in [1.29, 1.82) is 0 Å². The van der Waals surface area contributed by atoms with E-state index in [0.717, 1.165) is 30.7 Å². The van der Waals surface area contributed by atoms with Crippen LogP contribution in [0, 0.1) is 0 Å². The summed E-state index contributed by atoms with van der Waals surface area (Å²) in [7, 11) is 0. The predicted molar refractivity (Wildman–Crippen MR) is 80.9 cm³/mol. The highest BCUT2D eigenvalue weighted by molar-refractivity contribution is 7.15. The number of hydrogen-bond acceptors (Lipinski definition) is 6. The molecular formula is C14H16N4O3S. The van der Waals surface area contributed by atoms with Crippen LogP contribution in [-0.4, -0.2) is 33.6 Å². The molecule has 1 aliphatic heterocycles. The molecule has 0 aromatic carbocycles.